The van der Waals surface area contributed by atoms with Crippen LogP contribution < -0.4 is 11.1 Å². The van der Waals surface area contributed by atoms with Gasteiger partial charge in [-0.3, -0.25) is 0 Å². The van der Waals surface area contributed by atoms with Crippen molar-refractivity contribution in [3.05, 3.63) is 18.3 Å². The van der Waals surface area contributed by atoms with Gasteiger partial charge in [-0.25, -0.2) is 4.98 Å². The molecule has 1 aromatic rings. The highest BCUT2D eigenvalue weighted by Gasteiger charge is 2.12. The van der Waals surface area contributed by atoms with Crippen LogP contribution in [0.2, 0.25) is 0 Å². The second-order valence-corrected chi connectivity index (χ2v) is 4.68. The lowest BCUT2D eigenvalue weighted by molar-refractivity contribution is 0.685. The summed E-state index contributed by atoms with van der Waals surface area (Å²) in [7, 11) is 0. The normalized spacial score (nSPS) is 21.9. The summed E-state index contributed by atoms with van der Waals surface area (Å²) in [5.41, 5.74) is 6.59. The molecule has 0 saturated carbocycles. The van der Waals surface area contributed by atoms with Gasteiger partial charge in [0.1, 0.15) is 5.82 Å². The van der Waals surface area contributed by atoms with Gasteiger partial charge in [0, 0.05) is 11.8 Å². The van der Waals surface area contributed by atoms with E-state index >= 15 is 0 Å². The molecule has 0 radical (unpaired) electrons. The highest BCUT2D eigenvalue weighted by molar-refractivity contribution is 7.99. The van der Waals surface area contributed by atoms with Crippen molar-refractivity contribution in [2.45, 2.75) is 18.9 Å². The van der Waals surface area contributed by atoms with Crippen molar-refractivity contribution in [3.8, 4) is 0 Å². The van der Waals surface area contributed by atoms with Crippen molar-refractivity contribution in [1.82, 2.24) is 4.98 Å². The molecule has 3 nitrogen and oxygen atoms in total. The molecule has 0 aromatic carbocycles. The lowest BCUT2D eigenvalue weighted by Crippen LogP contribution is -2.25. The van der Waals surface area contributed by atoms with Crippen LogP contribution in [0.25, 0.3) is 0 Å². The average molecular weight is 209 g/mol. The first-order valence-corrected chi connectivity index (χ1v) is 6.06. The van der Waals surface area contributed by atoms with Gasteiger partial charge in [0.2, 0.25) is 0 Å². The van der Waals surface area contributed by atoms with Crippen LogP contribution in [0.5, 0.6) is 0 Å². The molecule has 1 atom stereocenters. The lowest BCUT2D eigenvalue weighted by atomic mass is 10.2. The van der Waals surface area contributed by atoms with Crippen LogP contribution >= 0.6 is 11.8 Å². The molecule has 1 saturated heterocycles. The van der Waals surface area contributed by atoms with E-state index in [-0.39, 0.29) is 0 Å². The summed E-state index contributed by atoms with van der Waals surface area (Å²) in [6.45, 7) is 0. The first kappa shape index (κ1) is 9.65. The minimum Gasteiger partial charge on any atom is -0.384 e. The van der Waals surface area contributed by atoms with Crippen molar-refractivity contribution in [2.24, 2.45) is 0 Å². The van der Waals surface area contributed by atoms with Crippen LogP contribution in [0.1, 0.15) is 12.8 Å². The Bertz CT molecular complexity index is 280. The maximum atomic E-state index is 5.52. The van der Waals surface area contributed by atoms with Crippen molar-refractivity contribution in [3.63, 3.8) is 0 Å². The molecule has 2 rings (SSSR count). The monoisotopic (exact) mass is 209 g/mol. The minimum atomic E-state index is 0.577. The topological polar surface area (TPSA) is 50.9 Å². The molecule has 1 aromatic heterocycles. The molecule has 76 valence electrons. The molecule has 3 N–H and O–H groups in total. The Kier molecular flexibility index (Phi) is 3.14. The smallest absolute Gasteiger partial charge is 0.123 e. The van der Waals surface area contributed by atoms with Crippen LogP contribution in [-0.4, -0.2) is 22.5 Å². The Morgan fingerprint density at radius 3 is 3.07 bits per heavy atom. The zero-order chi connectivity index (χ0) is 9.80. The first-order valence-electron chi connectivity index (χ1n) is 4.90. The van der Waals surface area contributed by atoms with Crippen LogP contribution in [-0.2, 0) is 0 Å². The van der Waals surface area contributed by atoms with E-state index in [1.54, 1.807) is 6.20 Å². The van der Waals surface area contributed by atoms with E-state index in [0.29, 0.717) is 11.9 Å². The Morgan fingerprint density at radius 1 is 1.50 bits per heavy atom. The third-order valence-corrected chi connectivity index (χ3v) is 3.53. The zero-order valence-corrected chi connectivity index (χ0v) is 8.89. The van der Waals surface area contributed by atoms with E-state index in [9.17, 15) is 0 Å². The summed E-state index contributed by atoms with van der Waals surface area (Å²) in [5, 5.41) is 3.47. The maximum Gasteiger partial charge on any atom is 0.123 e. The van der Waals surface area contributed by atoms with Crippen molar-refractivity contribution in [1.29, 1.82) is 0 Å². The average Bonchev–Trinajstić information content (AvgIpc) is 2.23. The summed E-state index contributed by atoms with van der Waals surface area (Å²) in [6, 6.07) is 4.42. The summed E-state index contributed by atoms with van der Waals surface area (Å²) >= 11 is 2.02. The molecule has 0 bridgehead atoms. The predicted molar refractivity (Wildman–Crippen MR) is 62.6 cm³/mol. The number of nitrogens with two attached hydrogens (primary N) is 1. The molecular weight excluding hydrogens is 194 g/mol. The van der Waals surface area contributed by atoms with Crippen LogP contribution in [0.15, 0.2) is 18.3 Å². The maximum absolute atomic E-state index is 5.52. The molecule has 0 aliphatic carbocycles. The fourth-order valence-electron chi connectivity index (χ4n) is 1.58. The van der Waals surface area contributed by atoms with E-state index in [1.807, 2.05) is 23.9 Å². The fourth-order valence-corrected chi connectivity index (χ4v) is 2.65. The summed E-state index contributed by atoms with van der Waals surface area (Å²) in [6.07, 6.45) is 4.37. The largest absolute Gasteiger partial charge is 0.384 e. The van der Waals surface area contributed by atoms with E-state index in [4.69, 9.17) is 5.73 Å². The van der Waals surface area contributed by atoms with Gasteiger partial charge in [-0.2, -0.15) is 11.8 Å². The van der Waals surface area contributed by atoms with E-state index < -0.39 is 0 Å². The highest BCUT2D eigenvalue weighted by Crippen LogP contribution is 2.20. The predicted octanol–water partition coefficient (Wildman–Crippen LogP) is 1.97. The van der Waals surface area contributed by atoms with E-state index in [2.05, 4.69) is 10.3 Å². The van der Waals surface area contributed by atoms with Gasteiger partial charge < -0.3 is 11.1 Å². The molecule has 1 unspecified atom stereocenters. The Balaban J connectivity index is 1.92. The number of aromatic nitrogens is 1. The number of nitrogens with zero attached hydrogens (tertiary/aromatic N) is 1. The third kappa shape index (κ3) is 2.54. The van der Waals surface area contributed by atoms with Crippen molar-refractivity contribution in [2.75, 3.05) is 22.6 Å². The second kappa shape index (κ2) is 4.55. The molecule has 1 fully saturated rings. The van der Waals surface area contributed by atoms with E-state index in [0.717, 1.165) is 5.69 Å². The van der Waals surface area contributed by atoms with E-state index in [1.165, 1.54) is 24.3 Å². The van der Waals surface area contributed by atoms with Gasteiger partial charge in [-0.05, 0) is 30.7 Å². The van der Waals surface area contributed by atoms with Crippen molar-refractivity contribution >= 4 is 23.3 Å². The van der Waals surface area contributed by atoms with Gasteiger partial charge in [0.05, 0.1) is 11.9 Å². The fraction of sp³-hybridized carbons (Fsp3) is 0.500. The quantitative estimate of drug-likeness (QED) is 0.782. The standard InChI is InChI=1S/C10H15N3S/c11-10-4-3-8(6-12-10)13-9-2-1-5-14-7-9/h3-4,6,9,13H,1-2,5,7H2,(H2,11,12). The molecular formula is C10H15N3S. The number of hydrogen-bond donors (Lipinski definition) is 2. The molecule has 1 aliphatic heterocycles. The number of anilines is 2. The van der Waals surface area contributed by atoms with Crippen LogP contribution in [0.4, 0.5) is 11.5 Å². The first-order chi connectivity index (χ1) is 6.84. The third-order valence-electron chi connectivity index (χ3n) is 2.32. The second-order valence-electron chi connectivity index (χ2n) is 3.53. The van der Waals surface area contributed by atoms with Gasteiger partial charge in [0.15, 0.2) is 0 Å². The number of hydrogen-bond acceptors (Lipinski definition) is 4. The number of pyridine rings is 1. The van der Waals surface area contributed by atoms with Crippen molar-refractivity contribution < 1.29 is 0 Å². The lowest BCUT2D eigenvalue weighted by Gasteiger charge is -2.23. The van der Waals surface area contributed by atoms with Crippen LogP contribution in [0.3, 0.4) is 0 Å². The number of nitrogens with one attached hydrogen (secondary N) is 1. The Morgan fingerprint density at radius 2 is 2.43 bits per heavy atom. The number of rotatable bonds is 2. The number of thioether (sulfide) groups is 1. The summed E-state index contributed by atoms with van der Waals surface area (Å²) in [5.74, 6) is 3.08. The molecule has 2 heterocycles. The Hall–Kier alpha value is -0.900. The minimum absolute atomic E-state index is 0.577. The SMILES string of the molecule is Nc1ccc(NC2CCCSC2)cn1. The van der Waals surface area contributed by atoms with Crippen LogP contribution in [0, 0.1) is 0 Å². The molecule has 4 heteroatoms. The van der Waals surface area contributed by atoms with Gasteiger partial charge >= 0.3 is 0 Å². The summed E-state index contributed by atoms with van der Waals surface area (Å²) in [4.78, 5) is 4.05. The van der Waals surface area contributed by atoms with Gasteiger partial charge in [-0.1, -0.05) is 0 Å². The Labute approximate surface area is 88.5 Å². The molecule has 1 aliphatic rings. The molecule has 14 heavy (non-hydrogen) atoms. The molecule has 0 amide bonds. The van der Waals surface area contributed by atoms with Gasteiger partial charge in [0.25, 0.3) is 0 Å². The molecule has 0 spiro atoms. The highest BCUT2D eigenvalue weighted by atomic mass is 32.2. The summed E-state index contributed by atoms with van der Waals surface area (Å²) < 4.78 is 0. The zero-order valence-electron chi connectivity index (χ0n) is 8.07. The number of nitrogen functional groups attached to an aromatic ring is 1. The van der Waals surface area contributed by atoms with Gasteiger partial charge in [-0.15, -0.1) is 0 Å².